The Hall–Kier alpha value is -1.95. The summed E-state index contributed by atoms with van der Waals surface area (Å²) in [5.41, 5.74) is 1.74. The molecule has 32 heavy (non-hydrogen) atoms. The average Bonchev–Trinajstić information content (AvgIpc) is 2.84. The number of piperidine rings is 1. The summed E-state index contributed by atoms with van der Waals surface area (Å²) in [5.74, 6) is 0.914. The van der Waals surface area contributed by atoms with Crippen molar-refractivity contribution in [1.82, 2.24) is 9.80 Å². The molecular weight excluding hydrogens is 445 g/mol. The van der Waals surface area contributed by atoms with Crippen LogP contribution in [0.1, 0.15) is 36.0 Å². The predicted molar refractivity (Wildman–Crippen MR) is 131 cm³/mol. The summed E-state index contributed by atoms with van der Waals surface area (Å²) in [6.45, 7) is 7.30. The minimum absolute atomic E-state index is 0.00322. The van der Waals surface area contributed by atoms with Gasteiger partial charge in [0.1, 0.15) is 5.75 Å². The van der Waals surface area contributed by atoms with Crippen molar-refractivity contribution >= 4 is 34.8 Å². The lowest BCUT2D eigenvalue weighted by Gasteiger charge is -2.36. The SMILES string of the molecule is O=C(c1ccc(Cl)c(Cl)c1)N1CCN(c2ccc(OCCCN3CCCCC3)cc2)CC1. The van der Waals surface area contributed by atoms with Gasteiger partial charge in [0.05, 0.1) is 16.7 Å². The van der Waals surface area contributed by atoms with Crippen LogP contribution in [0.25, 0.3) is 0 Å². The number of likely N-dealkylation sites (tertiary alicyclic amines) is 1. The maximum absolute atomic E-state index is 12.8. The van der Waals surface area contributed by atoms with E-state index in [4.69, 9.17) is 27.9 Å². The van der Waals surface area contributed by atoms with Crippen LogP contribution in [-0.4, -0.2) is 68.1 Å². The van der Waals surface area contributed by atoms with Gasteiger partial charge in [-0.3, -0.25) is 4.79 Å². The lowest BCUT2D eigenvalue weighted by atomic mass is 10.1. The molecule has 7 heteroatoms. The van der Waals surface area contributed by atoms with Crippen molar-refractivity contribution in [1.29, 1.82) is 0 Å². The number of piperazine rings is 1. The molecule has 0 saturated carbocycles. The van der Waals surface area contributed by atoms with E-state index in [-0.39, 0.29) is 5.91 Å². The van der Waals surface area contributed by atoms with Gasteiger partial charge >= 0.3 is 0 Å². The van der Waals surface area contributed by atoms with Crippen LogP contribution in [0.3, 0.4) is 0 Å². The number of carbonyl (C=O) groups is 1. The molecule has 0 N–H and O–H groups in total. The molecule has 2 aromatic carbocycles. The third-order valence-corrected chi connectivity index (χ3v) is 7.01. The Morgan fingerprint density at radius 1 is 0.844 bits per heavy atom. The highest BCUT2D eigenvalue weighted by molar-refractivity contribution is 6.42. The van der Waals surface area contributed by atoms with Gasteiger partial charge < -0.3 is 19.4 Å². The first-order valence-electron chi connectivity index (χ1n) is 11.5. The van der Waals surface area contributed by atoms with Crippen molar-refractivity contribution in [3.63, 3.8) is 0 Å². The van der Waals surface area contributed by atoms with Crippen LogP contribution in [0.4, 0.5) is 5.69 Å². The fourth-order valence-electron chi connectivity index (χ4n) is 4.39. The largest absolute Gasteiger partial charge is 0.494 e. The minimum atomic E-state index is -0.00322. The molecule has 0 atom stereocenters. The summed E-state index contributed by atoms with van der Waals surface area (Å²) >= 11 is 12.0. The number of amides is 1. The molecule has 0 aliphatic carbocycles. The first kappa shape index (κ1) is 23.2. The Bertz CT molecular complexity index is 893. The number of carbonyl (C=O) groups excluding carboxylic acids is 1. The summed E-state index contributed by atoms with van der Waals surface area (Å²) in [7, 11) is 0. The van der Waals surface area contributed by atoms with Crippen molar-refractivity contribution < 1.29 is 9.53 Å². The molecule has 2 aliphatic heterocycles. The maximum atomic E-state index is 12.8. The van der Waals surface area contributed by atoms with Crippen LogP contribution < -0.4 is 9.64 Å². The van der Waals surface area contributed by atoms with Crippen LogP contribution in [-0.2, 0) is 0 Å². The van der Waals surface area contributed by atoms with Crippen LogP contribution in [0.15, 0.2) is 42.5 Å². The third-order valence-electron chi connectivity index (χ3n) is 6.27. The van der Waals surface area contributed by atoms with E-state index in [1.807, 2.05) is 17.0 Å². The normalized spacial score (nSPS) is 17.4. The van der Waals surface area contributed by atoms with Gasteiger partial charge in [0.2, 0.25) is 0 Å². The third kappa shape index (κ3) is 6.09. The van der Waals surface area contributed by atoms with Gasteiger partial charge in [-0.25, -0.2) is 0 Å². The van der Waals surface area contributed by atoms with E-state index in [0.717, 1.165) is 44.1 Å². The summed E-state index contributed by atoms with van der Waals surface area (Å²) in [6.07, 6.45) is 5.11. The molecule has 0 radical (unpaired) electrons. The number of halogens is 2. The molecule has 0 aromatic heterocycles. The lowest BCUT2D eigenvalue weighted by molar-refractivity contribution is 0.0747. The standard InChI is InChI=1S/C25H31Cl2N3O2/c26-23-10-5-20(19-24(23)27)25(31)30-16-14-29(15-17-30)21-6-8-22(9-7-21)32-18-4-13-28-11-2-1-3-12-28/h5-10,19H,1-4,11-18H2. The molecule has 0 spiro atoms. The van der Waals surface area contributed by atoms with Crippen LogP contribution in [0.2, 0.25) is 10.0 Å². The number of rotatable bonds is 7. The highest BCUT2D eigenvalue weighted by Crippen LogP contribution is 2.25. The Morgan fingerprint density at radius 3 is 2.25 bits per heavy atom. The number of benzene rings is 2. The number of hydrogen-bond donors (Lipinski definition) is 0. The molecular formula is C25H31Cl2N3O2. The second-order valence-electron chi connectivity index (χ2n) is 8.51. The van der Waals surface area contributed by atoms with Gasteiger partial charge in [-0.2, -0.15) is 0 Å². The van der Waals surface area contributed by atoms with Gasteiger partial charge in [0.25, 0.3) is 5.91 Å². The van der Waals surface area contributed by atoms with E-state index in [0.29, 0.717) is 28.7 Å². The molecule has 2 aliphatic rings. The number of ether oxygens (including phenoxy) is 1. The quantitative estimate of drug-likeness (QED) is 0.514. The van der Waals surface area contributed by atoms with E-state index in [1.54, 1.807) is 18.2 Å². The number of hydrogen-bond acceptors (Lipinski definition) is 4. The summed E-state index contributed by atoms with van der Waals surface area (Å²) in [5, 5.41) is 0.868. The van der Waals surface area contributed by atoms with Gasteiger partial charge in [0, 0.05) is 44.0 Å². The highest BCUT2D eigenvalue weighted by Gasteiger charge is 2.23. The molecule has 2 fully saturated rings. The van der Waals surface area contributed by atoms with Gasteiger partial charge in [0.15, 0.2) is 0 Å². The Kier molecular flexibility index (Phi) is 8.17. The van der Waals surface area contributed by atoms with Crippen LogP contribution >= 0.6 is 23.2 Å². The molecule has 2 saturated heterocycles. The molecule has 5 nitrogen and oxygen atoms in total. The summed E-state index contributed by atoms with van der Waals surface area (Å²) < 4.78 is 5.94. The van der Waals surface area contributed by atoms with Crippen molar-refractivity contribution in [2.45, 2.75) is 25.7 Å². The highest BCUT2D eigenvalue weighted by atomic mass is 35.5. The van der Waals surface area contributed by atoms with Crippen molar-refractivity contribution in [2.75, 3.05) is 57.3 Å². The van der Waals surface area contributed by atoms with E-state index >= 15 is 0 Å². The van der Waals surface area contributed by atoms with E-state index < -0.39 is 0 Å². The first-order valence-corrected chi connectivity index (χ1v) is 12.3. The molecule has 0 bridgehead atoms. The van der Waals surface area contributed by atoms with E-state index in [1.165, 1.54) is 32.4 Å². The molecule has 2 aromatic rings. The topological polar surface area (TPSA) is 36.0 Å². The van der Waals surface area contributed by atoms with Crippen LogP contribution in [0, 0.1) is 0 Å². The zero-order valence-corrected chi connectivity index (χ0v) is 20.0. The monoisotopic (exact) mass is 475 g/mol. The maximum Gasteiger partial charge on any atom is 0.254 e. The van der Waals surface area contributed by atoms with Crippen LogP contribution in [0.5, 0.6) is 5.75 Å². The summed E-state index contributed by atoms with van der Waals surface area (Å²) in [6, 6.07) is 13.3. The van der Waals surface area contributed by atoms with Gasteiger partial charge in [-0.1, -0.05) is 29.6 Å². The van der Waals surface area contributed by atoms with Gasteiger partial charge in [-0.05, 0) is 74.8 Å². The Morgan fingerprint density at radius 2 is 1.56 bits per heavy atom. The molecule has 2 heterocycles. The Balaban J connectivity index is 1.21. The molecule has 172 valence electrons. The Labute approximate surface area is 200 Å². The summed E-state index contributed by atoms with van der Waals surface area (Å²) in [4.78, 5) is 19.5. The average molecular weight is 476 g/mol. The molecule has 0 unspecified atom stereocenters. The second kappa shape index (κ2) is 11.3. The number of anilines is 1. The van der Waals surface area contributed by atoms with Crippen molar-refractivity contribution in [3.8, 4) is 5.75 Å². The zero-order chi connectivity index (χ0) is 22.3. The molecule has 1 amide bonds. The minimum Gasteiger partial charge on any atom is -0.494 e. The smallest absolute Gasteiger partial charge is 0.254 e. The van der Waals surface area contributed by atoms with Gasteiger partial charge in [-0.15, -0.1) is 0 Å². The second-order valence-corrected chi connectivity index (χ2v) is 9.32. The van der Waals surface area contributed by atoms with E-state index in [2.05, 4.69) is 21.9 Å². The fourth-order valence-corrected chi connectivity index (χ4v) is 4.69. The molecule has 4 rings (SSSR count). The van der Waals surface area contributed by atoms with Crippen molar-refractivity contribution in [2.24, 2.45) is 0 Å². The zero-order valence-electron chi connectivity index (χ0n) is 18.4. The first-order chi connectivity index (χ1) is 15.6. The predicted octanol–water partition coefficient (Wildman–Crippen LogP) is 5.21. The van der Waals surface area contributed by atoms with E-state index in [9.17, 15) is 4.79 Å². The van der Waals surface area contributed by atoms with Crippen molar-refractivity contribution in [3.05, 3.63) is 58.1 Å². The lowest BCUT2D eigenvalue weighted by Crippen LogP contribution is -2.48. The number of nitrogens with zero attached hydrogens (tertiary/aromatic N) is 3. The fraction of sp³-hybridized carbons (Fsp3) is 0.480.